The Labute approximate surface area is 179 Å². The Hall–Kier alpha value is -2.61. The smallest absolute Gasteiger partial charge is 0.250 e. The SMILES string of the molecule is COc1ccc(Cl)cc1NC(=O)[C@H]1C[C@H]([C@H](C)O)N[C@]12C(=O)Nc1c(C)cccc12. The summed E-state index contributed by atoms with van der Waals surface area (Å²) in [5.74, 6) is -0.931. The van der Waals surface area contributed by atoms with Gasteiger partial charge in [0.05, 0.1) is 24.8 Å². The van der Waals surface area contributed by atoms with Gasteiger partial charge in [-0.1, -0.05) is 29.8 Å². The van der Waals surface area contributed by atoms with E-state index in [0.29, 0.717) is 34.1 Å². The van der Waals surface area contributed by atoms with Gasteiger partial charge in [0.25, 0.3) is 0 Å². The monoisotopic (exact) mass is 429 g/mol. The molecule has 8 heteroatoms. The van der Waals surface area contributed by atoms with E-state index < -0.39 is 23.6 Å². The van der Waals surface area contributed by atoms with Crippen LogP contribution in [-0.2, 0) is 15.1 Å². The van der Waals surface area contributed by atoms with Crippen molar-refractivity contribution in [2.24, 2.45) is 5.92 Å². The quantitative estimate of drug-likeness (QED) is 0.599. The van der Waals surface area contributed by atoms with Crippen molar-refractivity contribution < 1.29 is 19.4 Å². The molecule has 0 saturated carbocycles. The number of hydrogen-bond acceptors (Lipinski definition) is 5. The molecule has 4 N–H and O–H groups in total. The summed E-state index contributed by atoms with van der Waals surface area (Å²) in [6, 6.07) is 10.1. The minimum atomic E-state index is -1.26. The standard InChI is InChI=1S/C22H24ClN3O4/c1-11-5-4-6-14-19(11)25-21(29)22(14)15(10-16(26-22)12(2)27)20(28)24-17-9-13(23)7-8-18(17)30-3/h4-9,12,15-16,26-27H,10H2,1-3H3,(H,24,28)(H,25,29)/t12-,15+,16+,22-/m0/s1. The minimum Gasteiger partial charge on any atom is -0.495 e. The first kappa shape index (κ1) is 20.7. The molecule has 0 radical (unpaired) electrons. The van der Waals surface area contributed by atoms with Crippen LogP contribution in [0, 0.1) is 12.8 Å². The van der Waals surface area contributed by atoms with Crippen LogP contribution in [0.1, 0.15) is 24.5 Å². The molecule has 2 heterocycles. The molecule has 4 atom stereocenters. The zero-order valence-electron chi connectivity index (χ0n) is 17.0. The third kappa shape index (κ3) is 3.14. The van der Waals surface area contributed by atoms with Gasteiger partial charge >= 0.3 is 0 Å². The number of carbonyl (C=O) groups excluding carboxylic acids is 2. The fourth-order valence-electron chi connectivity index (χ4n) is 4.49. The average molecular weight is 430 g/mol. The van der Waals surface area contributed by atoms with Crippen molar-refractivity contribution in [3.05, 3.63) is 52.5 Å². The molecular weight excluding hydrogens is 406 g/mol. The van der Waals surface area contributed by atoms with Crippen LogP contribution < -0.4 is 20.7 Å². The zero-order chi connectivity index (χ0) is 21.6. The molecule has 2 amide bonds. The number of rotatable bonds is 4. The number of para-hydroxylation sites is 1. The highest BCUT2D eigenvalue weighted by molar-refractivity contribution is 6.31. The molecule has 158 valence electrons. The Kier molecular flexibility index (Phi) is 5.22. The van der Waals surface area contributed by atoms with Gasteiger partial charge in [-0.3, -0.25) is 14.9 Å². The Balaban J connectivity index is 1.76. The Morgan fingerprint density at radius 1 is 1.37 bits per heavy atom. The van der Waals surface area contributed by atoms with Crippen LogP contribution >= 0.6 is 11.6 Å². The number of hydrogen-bond donors (Lipinski definition) is 4. The van der Waals surface area contributed by atoms with E-state index in [1.54, 1.807) is 25.1 Å². The molecule has 0 aromatic heterocycles. The topological polar surface area (TPSA) is 99.7 Å². The molecule has 4 rings (SSSR count). The summed E-state index contributed by atoms with van der Waals surface area (Å²) in [5.41, 5.74) is 1.50. The Morgan fingerprint density at radius 3 is 2.83 bits per heavy atom. The lowest BCUT2D eigenvalue weighted by Crippen LogP contribution is -2.53. The number of benzene rings is 2. The number of anilines is 2. The van der Waals surface area contributed by atoms with Crippen LogP contribution in [0.25, 0.3) is 0 Å². The predicted octanol–water partition coefficient (Wildman–Crippen LogP) is 2.80. The number of halogens is 1. The molecule has 1 saturated heterocycles. The van der Waals surface area contributed by atoms with Gasteiger partial charge in [0, 0.05) is 22.3 Å². The normalized spacial score (nSPS) is 25.7. The molecule has 0 aliphatic carbocycles. The summed E-state index contributed by atoms with van der Waals surface area (Å²) in [6.07, 6.45) is -0.435. The van der Waals surface area contributed by atoms with E-state index in [2.05, 4.69) is 16.0 Å². The largest absolute Gasteiger partial charge is 0.495 e. The van der Waals surface area contributed by atoms with Crippen molar-refractivity contribution in [1.82, 2.24) is 5.32 Å². The number of amides is 2. The number of aliphatic hydroxyl groups excluding tert-OH is 1. The maximum absolute atomic E-state index is 13.5. The fourth-order valence-corrected chi connectivity index (χ4v) is 4.66. The van der Waals surface area contributed by atoms with Gasteiger partial charge in [0.1, 0.15) is 11.3 Å². The van der Waals surface area contributed by atoms with E-state index in [1.807, 2.05) is 25.1 Å². The van der Waals surface area contributed by atoms with Crippen LogP contribution in [0.3, 0.4) is 0 Å². The van der Waals surface area contributed by atoms with Gasteiger partial charge in [-0.2, -0.15) is 0 Å². The first-order chi connectivity index (χ1) is 14.3. The second-order valence-corrected chi connectivity index (χ2v) is 8.31. The summed E-state index contributed by atoms with van der Waals surface area (Å²) >= 11 is 6.09. The summed E-state index contributed by atoms with van der Waals surface area (Å²) in [4.78, 5) is 26.7. The van der Waals surface area contributed by atoms with E-state index in [0.717, 1.165) is 5.56 Å². The molecule has 1 spiro atoms. The third-order valence-corrected chi connectivity index (χ3v) is 6.27. The van der Waals surface area contributed by atoms with Crippen molar-refractivity contribution in [1.29, 1.82) is 0 Å². The lowest BCUT2D eigenvalue weighted by atomic mass is 9.79. The summed E-state index contributed by atoms with van der Waals surface area (Å²) < 4.78 is 5.33. The van der Waals surface area contributed by atoms with Crippen LogP contribution in [0.15, 0.2) is 36.4 Å². The van der Waals surface area contributed by atoms with E-state index in [1.165, 1.54) is 7.11 Å². The highest BCUT2D eigenvalue weighted by Gasteiger charge is 2.60. The number of aryl methyl sites for hydroxylation is 1. The second-order valence-electron chi connectivity index (χ2n) is 7.87. The van der Waals surface area contributed by atoms with Crippen molar-refractivity contribution in [2.75, 3.05) is 17.7 Å². The number of carbonyl (C=O) groups is 2. The summed E-state index contributed by atoms with van der Waals surface area (Å²) in [7, 11) is 1.50. The molecular formula is C22H24ClN3O4. The van der Waals surface area contributed by atoms with Gasteiger partial charge in [-0.25, -0.2) is 0 Å². The minimum absolute atomic E-state index is 0.298. The average Bonchev–Trinajstić information content (AvgIpc) is 3.24. The van der Waals surface area contributed by atoms with Crippen LogP contribution in [-0.4, -0.2) is 36.2 Å². The first-order valence-electron chi connectivity index (χ1n) is 9.79. The maximum atomic E-state index is 13.5. The van der Waals surface area contributed by atoms with E-state index >= 15 is 0 Å². The predicted molar refractivity (Wildman–Crippen MR) is 115 cm³/mol. The van der Waals surface area contributed by atoms with E-state index in [-0.39, 0.29) is 11.8 Å². The molecule has 2 aromatic rings. The maximum Gasteiger partial charge on any atom is 0.250 e. The highest BCUT2D eigenvalue weighted by atomic mass is 35.5. The molecule has 30 heavy (non-hydrogen) atoms. The molecule has 0 bridgehead atoms. The lowest BCUT2D eigenvalue weighted by molar-refractivity contribution is -0.130. The van der Waals surface area contributed by atoms with Gasteiger partial charge in [-0.15, -0.1) is 0 Å². The Bertz CT molecular complexity index is 1030. The number of aliphatic hydroxyl groups is 1. The second kappa shape index (κ2) is 7.58. The molecule has 2 aromatic carbocycles. The zero-order valence-corrected chi connectivity index (χ0v) is 17.7. The number of ether oxygens (including phenoxy) is 1. The molecule has 0 unspecified atom stereocenters. The van der Waals surface area contributed by atoms with Crippen molar-refractivity contribution in [3.8, 4) is 5.75 Å². The van der Waals surface area contributed by atoms with Crippen molar-refractivity contribution >= 4 is 34.8 Å². The van der Waals surface area contributed by atoms with Gasteiger partial charge in [-0.05, 0) is 44.0 Å². The van der Waals surface area contributed by atoms with Crippen LogP contribution in [0.5, 0.6) is 5.75 Å². The van der Waals surface area contributed by atoms with Crippen LogP contribution in [0.4, 0.5) is 11.4 Å². The van der Waals surface area contributed by atoms with E-state index in [4.69, 9.17) is 16.3 Å². The van der Waals surface area contributed by atoms with Gasteiger partial charge < -0.3 is 20.5 Å². The first-order valence-corrected chi connectivity index (χ1v) is 10.2. The summed E-state index contributed by atoms with van der Waals surface area (Å²) in [5, 5.41) is 19.8. The molecule has 7 nitrogen and oxygen atoms in total. The van der Waals surface area contributed by atoms with Crippen molar-refractivity contribution in [2.45, 2.75) is 38.0 Å². The third-order valence-electron chi connectivity index (χ3n) is 6.04. The number of nitrogens with one attached hydrogen (secondary N) is 3. The van der Waals surface area contributed by atoms with Gasteiger partial charge in [0.15, 0.2) is 0 Å². The lowest BCUT2D eigenvalue weighted by Gasteiger charge is -2.29. The van der Waals surface area contributed by atoms with E-state index in [9.17, 15) is 14.7 Å². The van der Waals surface area contributed by atoms with Gasteiger partial charge in [0.2, 0.25) is 11.8 Å². The number of methoxy groups -OCH3 is 1. The summed E-state index contributed by atoms with van der Waals surface area (Å²) in [6.45, 7) is 3.56. The number of fused-ring (bicyclic) bond motifs is 2. The van der Waals surface area contributed by atoms with Crippen LogP contribution in [0.2, 0.25) is 5.02 Å². The molecule has 2 aliphatic heterocycles. The van der Waals surface area contributed by atoms with Crippen molar-refractivity contribution in [3.63, 3.8) is 0 Å². The Morgan fingerprint density at radius 2 is 2.13 bits per heavy atom. The molecule has 2 aliphatic rings. The highest BCUT2D eigenvalue weighted by Crippen LogP contribution is 2.48. The molecule has 1 fully saturated rings. The fraction of sp³-hybridized carbons (Fsp3) is 0.364.